The summed E-state index contributed by atoms with van der Waals surface area (Å²) in [6.45, 7) is 0.975. The first-order valence-corrected chi connectivity index (χ1v) is 7.64. The summed E-state index contributed by atoms with van der Waals surface area (Å²) in [5.74, 6) is -0.772. The van der Waals surface area contributed by atoms with Crippen molar-refractivity contribution in [3.8, 4) is 0 Å². The summed E-state index contributed by atoms with van der Waals surface area (Å²) in [6, 6.07) is 4.84. The van der Waals surface area contributed by atoms with Crippen LogP contribution in [0.25, 0.3) is 0 Å². The zero-order valence-electron chi connectivity index (χ0n) is 11.0. The van der Waals surface area contributed by atoms with E-state index in [1.807, 2.05) is 0 Å². The topological polar surface area (TPSA) is 47.6 Å². The number of rotatable bonds is 5. The smallest absolute Gasteiger partial charge is 0.255 e. The summed E-state index contributed by atoms with van der Waals surface area (Å²) in [6.07, 6.45) is -3.16. The SMILES string of the molecule is O=C(Nc1cccc(Cl)c1SCC(F)F)[C@H]1COCCO1. The molecule has 21 heavy (non-hydrogen) atoms. The number of ether oxygens (including phenoxy) is 2. The quantitative estimate of drug-likeness (QED) is 0.839. The second-order valence-electron chi connectivity index (χ2n) is 4.24. The Morgan fingerprint density at radius 3 is 2.95 bits per heavy atom. The molecule has 0 radical (unpaired) electrons. The molecule has 1 fully saturated rings. The van der Waals surface area contributed by atoms with E-state index in [9.17, 15) is 13.6 Å². The number of carbonyl (C=O) groups excluding carboxylic acids is 1. The van der Waals surface area contributed by atoms with Crippen LogP contribution in [0.15, 0.2) is 23.1 Å². The lowest BCUT2D eigenvalue weighted by Gasteiger charge is -2.22. The Bertz CT molecular complexity index is 498. The molecule has 1 atom stereocenters. The molecule has 4 nitrogen and oxygen atoms in total. The Balaban J connectivity index is 2.07. The van der Waals surface area contributed by atoms with E-state index in [2.05, 4.69) is 5.32 Å². The number of hydrogen-bond donors (Lipinski definition) is 1. The number of benzene rings is 1. The van der Waals surface area contributed by atoms with Gasteiger partial charge < -0.3 is 14.8 Å². The van der Waals surface area contributed by atoms with Gasteiger partial charge in [-0.05, 0) is 12.1 Å². The molecule has 1 aliphatic rings. The monoisotopic (exact) mass is 337 g/mol. The molecule has 1 saturated heterocycles. The number of amides is 1. The number of alkyl halides is 2. The Labute approximate surface area is 130 Å². The van der Waals surface area contributed by atoms with Crippen LogP contribution in [0.2, 0.25) is 5.02 Å². The van der Waals surface area contributed by atoms with Crippen molar-refractivity contribution in [2.75, 3.05) is 30.9 Å². The molecule has 0 aromatic heterocycles. The van der Waals surface area contributed by atoms with E-state index >= 15 is 0 Å². The molecular formula is C13H14ClF2NO3S. The van der Waals surface area contributed by atoms with E-state index < -0.39 is 18.3 Å². The third kappa shape index (κ3) is 4.81. The van der Waals surface area contributed by atoms with E-state index in [0.717, 1.165) is 11.8 Å². The molecule has 1 N–H and O–H groups in total. The van der Waals surface area contributed by atoms with Crippen molar-refractivity contribution in [2.45, 2.75) is 17.4 Å². The van der Waals surface area contributed by atoms with Crippen molar-refractivity contribution in [1.29, 1.82) is 0 Å². The second-order valence-corrected chi connectivity index (χ2v) is 5.68. The third-order valence-electron chi connectivity index (χ3n) is 2.69. The number of nitrogens with one attached hydrogen (secondary N) is 1. The fraction of sp³-hybridized carbons (Fsp3) is 0.462. The largest absolute Gasteiger partial charge is 0.376 e. The average molecular weight is 338 g/mol. The van der Waals surface area contributed by atoms with Gasteiger partial charge in [0.1, 0.15) is 0 Å². The number of anilines is 1. The van der Waals surface area contributed by atoms with Gasteiger partial charge in [0.05, 0.1) is 36.3 Å². The minimum atomic E-state index is -2.45. The molecule has 0 saturated carbocycles. The van der Waals surface area contributed by atoms with Crippen molar-refractivity contribution in [2.24, 2.45) is 0 Å². The van der Waals surface area contributed by atoms with Gasteiger partial charge in [0.25, 0.3) is 5.91 Å². The number of carbonyl (C=O) groups is 1. The molecule has 2 rings (SSSR count). The van der Waals surface area contributed by atoms with Gasteiger partial charge in [0, 0.05) is 4.90 Å². The fourth-order valence-electron chi connectivity index (χ4n) is 1.75. The van der Waals surface area contributed by atoms with E-state index in [-0.39, 0.29) is 12.5 Å². The molecular weight excluding hydrogens is 324 g/mol. The molecule has 1 aliphatic heterocycles. The van der Waals surface area contributed by atoms with Crippen molar-refractivity contribution < 1.29 is 23.0 Å². The summed E-state index contributed by atoms with van der Waals surface area (Å²) in [4.78, 5) is 12.5. The minimum Gasteiger partial charge on any atom is -0.376 e. The molecule has 1 aromatic carbocycles. The van der Waals surface area contributed by atoms with Gasteiger partial charge in [-0.3, -0.25) is 4.79 Å². The Morgan fingerprint density at radius 1 is 1.48 bits per heavy atom. The second kappa shape index (κ2) is 7.93. The van der Waals surface area contributed by atoms with Crippen LogP contribution in [0.5, 0.6) is 0 Å². The molecule has 0 spiro atoms. The molecule has 1 amide bonds. The highest BCUT2D eigenvalue weighted by Crippen LogP contribution is 2.35. The van der Waals surface area contributed by atoms with Crippen LogP contribution < -0.4 is 5.32 Å². The summed E-state index contributed by atoms with van der Waals surface area (Å²) < 4.78 is 35.1. The highest BCUT2D eigenvalue weighted by Gasteiger charge is 2.24. The van der Waals surface area contributed by atoms with Crippen LogP contribution in [0.3, 0.4) is 0 Å². The molecule has 0 aliphatic carbocycles. The predicted octanol–water partition coefficient (Wildman–Crippen LogP) is 3.05. The van der Waals surface area contributed by atoms with Gasteiger partial charge in [-0.1, -0.05) is 17.7 Å². The Kier molecular flexibility index (Phi) is 6.22. The van der Waals surface area contributed by atoms with Gasteiger partial charge in [0.15, 0.2) is 6.10 Å². The van der Waals surface area contributed by atoms with E-state index in [1.54, 1.807) is 18.2 Å². The van der Waals surface area contributed by atoms with Crippen LogP contribution in [-0.2, 0) is 14.3 Å². The number of halogens is 3. The highest BCUT2D eigenvalue weighted by atomic mass is 35.5. The minimum absolute atomic E-state index is 0.173. The number of thioether (sulfide) groups is 1. The lowest BCUT2D eigenvalue weighted by Crippen LogP contribution is -2.39. The van der Waals surface area contributed by atoms with Gasteiger partial charge in [-0.25, -0.2) is 8.78 Å². The highest BCUT2D eigenvalue weighted by molar-refractivity contribution is 7.99. The normalized spacial score (nSPS) is 18.8. The molecule has 1 heterocycles. The van der Waals surface area contributed by atoms with E-state index in [1.165, 1.54) is 0 Å². The maximum absolute atomic E-state index is 12.3. The average Bonchev–Trinajstić information content (AvgIpc) is 2.47. The molecule has 0 bridgehead atoms. The van der Waals surface area contributed by atoms with Crippen LogP contribution in [0.1, 0.15) is 0 Å². The van der Waals surface area contributed by atoms with Crippen LogP contribution in [0, 0.1) is 0 Å². The Hall–Kier alpha value is -0.890. The summed E-state index contributed by atoms with van der Waals surface area (Å²) >= 11 is 6.91. The predicted molar refractivity (Wildman–Crippen MR) is 77.4 cm³/mol. The number of hydrogen-bond acceptors (Lipinski definition) is 4. The van der Waals surface area contributed by atoms with Gasteiger partial charge in [-0.2, -0.15) is 0 Å². The lowest BCUT2D eigenvalue weighted by molar-refractivity contribution is -0.142. The summed E-state index contributed by atoms with van der Waals surface area (Å²) in [5, 5.41) is 2.97. The third-order valence-corrected chi connectivity index (χ3v) is 4.26. The first-order chi connectivity index (χ1) is 10.1. The summed E-state index contributed by atoms with van der Waals surface area (Å²) in [5.41, 5.74) is 0.396. The van der Waals surface area contributed by atoms with Crippen LogP contribution in [-0.4, -0.2) is 44.0 Å². The van der Waals surface area contributed by atoms with Gasteiger partial charge >= 0.3 is 0 Å². The van der Waals surface area contributed by atoms with Crippen molar-refractivity contribution in [3.63, 3.8) is 0 Å². The maximum Gasteiger partial charge on any atom is 0.255 e. The zero-order chi connectivity index (χ0) is 15.2. The first-order valence-electron chi connectivity index (χ1n) is 6.27. The van der Waals surface area contributed by atoms with Crippen LogP contribution in [0.4, 0.5) is 14.5 Å². The molecule has 116 valence electrons. The lowest BCUT2D eigenvalue weighted by atomic mass is 10.2. The van der Waals surface area contributed by atoms with Crippen LogP contribution >= 0.6 is 23.4 Å². The molecule has 0 unspecified atom stereocenters. The van der Waals surface area contributed by atoms with Crippen molar-refractivity contribution >= 4 is 35.0 Å². The Morgan fingerprint density at radius 2 is 2.29 bits per heavy atom. The van der Waals surface area contributed by atoms with Gasteiger partial charge in [0.2, 0.25) is 6.43 Å². The maximum atomic E-state index is 12.3. The van der Waals surface area contributed by atoms with Crippen molar-refractivity contribution in [3.05, 3.63) is 23.2 Å². The van der Waals surface area contributed by atoms with E-state index in [0.29, 0.717) is 28.8 Å². The van der Waals surface area contributed by atoms with E-state index in [4.69, 9.17) is 21.1 Å². The molecule has 8 heteroatoms. The molecule has 1 aromatic rings. The van der Waals surface area contributed by atoms with Gasteiger partial charge in [-0.15, -0.1) is 11.8 Å². The first kappa shape index (κ1) is 16.5. The van der Waals surface area contributed by atoms with Crippen molar-refractivity contribution in [1.82, 2.24) is 0 Å². The summed E-state index contributed by atoms with van der Waals surface area (Å²) in [7, 11) is 0. The fourth-order valence-corrected chi connectivity index (χ4v) is 2.86. The zero-order valence-corrected chi connectivity index (χ0v) is 12.6. The standard InChI is InChI=1S/C13H14ClF2NO3S/c14-8-2-1-3-9(12(8)21-7-11(15)16)17-13(18)10-6-19-4-5-20-10/h1-3,10-11H,4-7H2,(H,17,18)/t10-/m1/s1.